The van der Waals surface area contributed by atoms with Gasteiger partial charge >= 0.3 is 0 Å². The van der Waals surface area contributed by atoms with E-state index in [1.54, 1.807) is 0 Å². The third-order valence-corrected chi connectivity index (χ3v) is 3.80. The second-order valence-corrected chi connectivity index (χ2v) is 5.20. The van der Waals surface area contributed by atoms with E-state index in [0.29, 0.717) is 11.8 Å². The van der Waals surface area contributed by atoms with E-state index >= 15 is 0 Å². The molecule has 0 aromatic heterocycles. The van der Waals surface area contributed by atoms with Gasteiger partial charge in [0.2, 0.25) is 0 Å². The average Bonchev–Trinajstić information content (AvgIpc) is 2.43. The van der Waals surface area contributed by atoms with Crippen molar-refractivity contribution < 1.29 is 0 Å². The van der Waals surface area contributed by atoms with Crippen molar-refractivity contribution in [3.8, 4) is 0 Å². The molecule has 2 heteroatoms. The van der Waals surface area contributed by atoms with Gasteiger partial charge in [0.05, 0.1) is 0 Å². The molecule has 1 atom stereocenters. The molecule has 2 rings (SSSR count). The van der Waals surface area contributed by atoms with E-state index in [4.69, 9.17) is 11.5 Å². The molecule has 19 heavy (non-hydrogen) atoms. The second-order valence-electron chi connectivity index (χ2n) is 5.20. The van der Waals surface area contributed by atoms with Gasteiger partial charge in [-0.2, -0.15) is 0 Å². The number of nitrogens with two attached hydrogens (primary N) is 2. The van der Waals surface area contributed by atoms with Crippen molar-refractivity contribution in [3.05, 3.63) is 59.7 Å². The standard InChI is InChI=1S/C17H22N2/c1-3-12(2)17(13-4-8-15(18)9-5-13)14-6-10-16(19)11-7-14/h4-12,17H,3,18-19H2,1-2H3. The normalized spacial score (nSPS) is 12.6. The molecule has 0 fully saturated rings. The molecule has 2 aromatic rings. The van der Waals surface area contributed by atoms with Crippen LogP contribution in [0.3, 0.4) is 0 Å². The molecule has 1 unspecified atom stereocenters. The predicted octanol–water partition coefficient (Wildman–Crippen LogP) is 4.03. The van der Waals surface area contributed by atoms with E-state index in [1.807, 2.05) is 24.3 Å². The molecule has 2 nitrogen and oxygen atoms in total. The lowest BCUT2D eigenvalue weighted by atomic mass is 9.80. The molecule has 0 aliphatic heterocycles. The fourth-order valence-corrected chi connectivity index (χ4v) is 2.49. The van der Waals surface area contributed by atoms with Crippen molar-refractivity contribution in [2.75, 3.05) is 11.5 Å². The van der Waals surface area contributed by atoms with Crippen LogP contribution in [0.25, 0.3) is 0 Å². The van der Waals surface area contributed by atoms with Crippen molar-refractivity contribution in [3.63, 3.8) is 0 Å². The quantitative estimate of drug-likeness (QED) is 0.809. The smallest absolute Gasteiger partial charge is 0.0314 e. The first-order chi connectivity index (χ1) is 9.11. The minimum absolute atomic E-state index is 0.395. The predicted molar refractivity (Wildman–Crippen MR) is 83.0 cm³/mol. The highest BCUT2D eigenvalue weighted by Gasteiger charge is 2.19. The molecular weight excluding hydrogens is 232 g/mol. The summed E-state index contributed by atoms with van der Waals surface area (Å²) in [6.07, 6.45) is 1.14. The van der Waals surface area contributed by atoms with Gasteiger partial charge in [0.25, 0.3) is 0 Å². The summed E-state index contributed by atoms with van der Waals surface area (Å²) in [4.78, 5) is 0. The van der Waals surface area contributed by atoms with Gasteiger partial charge in [-0.1, -0.05) is 44.5 Å². The van der Waals surface area contributed by atoms with E-state index < -0.39 is 0 Å². The first kappa shape index (κ1) is 13.5. The van der Waals surface area contributed by atoms with Gasteiger partial charge in [0.1, 0.15) is 0 Å². The van der Waals surface area contributed by atoms with Crippen molar-refractivity contribution >= 4 is 11.4 Å². The Hall–Kier alpha value is -1.96. The lowest BCUT2D eigenvalue weighted by Gasteiger charge is -2.24. The Bertz CT molecular complexity index is 468. The molecule has 0 aliphatic rings. The molecule has 0 amide bonds. The minimum Gasteiger partial charge on any atom is -0.399 e. The molecule has 0 saturated heterocycles. The van der Waals surface area contributed by atoms with Crippen LogP contribution in [0, 0.1) is 5.92 Å². The first-order valence-electron chi connectivity index (χ1n) is 6.82. The van der Waals surface area contributed by atoms with Crippen molar-refractivity contribution in [1.29, 1.82) is 0 Å². The third kappa shape index (κ3) is 3.08. The Morgan fingerprint density at radius 1 is 0.789 bits per heavy atom. The highest BCUT2D eigenvalue weighted by molar-refractivity contribution is 5.45. The topological polar surface area (TPSA) is 52.0 Å². The second kappa shape index (κ2) is 5.79. The molecule has 0 saturated carbocycles. The summed E-state index contributed by atoms with van der Waals surface area (Å²) in [5.41, 5.74) is 15.8. The summed E-state index contributed by atoms with van der Waals surface area (Å²) < 4.78 is 0. The molecule has 0 aliphatic carbocycles. The van der Waals surface area contributed by atoms with Crippen LogP contribution in [0.2, 0.25) is 0 Å². The molecule has 0 heterocycles. The summed E-state index contributed by atoms with van der Waals surface area (Å²) in [7, 11) is 0. The molecule has 0 bridgehead atoms. The zero-order valence-corrected chi connectivity index (χ0v) is 11.6. The Morgan fingerprint density at radius 2 is 1.16 bits per heavy atom. The fraction of sp³-hybridized carbons (Fsp3) is 0.294. The summed E-state index contributed by atoms with van der Waals surface area (Å²) in [6, 6.07) is 16.4. The maximum absolute atomic E-state index is 5.78. The van der Waals surface area contributed by atoms with Crippen LogP contribution in [0.5, 0.6) is 0 Å². The van der Waals surface area contributed by atoms with Crippen LogP contribution < -0.4 is 11.5 Å². The van der Waals surface area contributed by atoms with Gasteiger partial charge in [0, 0.05) is 17.3 Å². The maximum atomic E-state index is 5.78. The van der Waals surface area contributed by atoms with E-state index in [2.05, 4.69) is 38.1 Å². The monoisotopic (exact) mass is 254 g/mol. The van der Waals surface area contributed by atoms with Gasteiger partial charge < -0.3 is 11.5 Å². The molecule has 2 aromatic carbocycles. The first-order valence-corrected chi connectivity index (χ1v) is 6.82. The van der Waals surface area contributed by atoms with Crippen molar-refractivity contribution in [1.82, 2.24) is 0 Å². The van der Waals surface area contributed by atoms with E-state index in [9.17, 15) is 0 Å². The average molecular weight is 254 g/mol. The van der Waals surface area contributed by atoms with Crippen LogP contribution >= 0.6 is 0 Å². The number of hydrogen-bond acceptors (Lipinski definition) is 2. The SMILES string of the molecule is CCC(C)C(c1ccc(N)cc1)c1ccc(N)cc1. The summed E-state index contributed by atoms with van der Waals surface area (Å²) in [6.45, 7) is 4.52. The van der Waals surface area contributed by atoms with Crippen molar-refractivity contribution in [2.24, 2.45) is 5.92 Å². The fourth-order valence-electron chi connectivity index (χ4n) is 2.49. The molecular formula is C17H22N2. The highest BCUT2D eigenvalue weighted by Crippen LogP contribution is 2.34. The lowest BCUT2D eigenvalue weighted by Crippen LogP contribution is -2.11. The minimum atomic E-state index is 0.395. The Kier molecular flexibility index (Phi) is 4.10. The molecule has 100 valence electrons. The van der Waals surface area contributed by atoms with Crippen molar-refractivity contribution in [2.45, 2.75) is 26.2 Å². The van der Waals surface area contributed by atoms with Crippen LogP contribution in [-0.2, 0) is 0 Å². The van der Waals surface area contributed by atoms with Gasteiger partial charge in [-0.25, -0.2) is 0 Å². The number of benzene rings is 2. The summed E-state index contributed by atoms with van der Waals surface area (Å²) in [5, 5.41) is 0. The van der Waals surface area contributed by atoms with Crippen LogP contribution in [0.15, 0.2) is 48.5 Å². The number of anilines is 2. The van der Waals surface area contributed by atoms with Gasteiger partial charge in [-0.05, 0) is 41.3 Å². The molecule has 0 spiro atoms. The number of hydrogen-bond donors (Lipinski definition) is 2. The Balaban J connectivity index is 2.41. The van der Waals surface area contributed by atoms with Gasteiger partial charge in [-0.3, -0.25) is 0 Å². The van der Waals surface area contributed by atoms with Crippen LogP contribution in [0.4, 0.5) is 11.4 Å². The Morgan fingerprint density at radius 3 is 1.47 bits per heavy atom. The third-order valence-electron chi connectivity index (χ3n) is 3.80. The van der Waals surface area contributed by atoms with E-state index in [-0.39, 0.29) is 0 Å². The van der Waals surface area contributed by atoms with E-state index in [1.165, 1.54) is 11.1 Å². The lowest BCUT2D eigenvalue weighted by molar-refractivity contribution is 0.496. The molecule has 4 N–H and O–H groups in total. The maximum Gasteiger partial charge on any atom is 0.0314 e. The van der Waals surface area contributed by atoms with Crippen LogP contribution in [-0.4, -0.2) is 0 Å². The van der Waals surface area contributed by atoms with Gasteiger partial charge in [0.15, 0.2) is 0 Å². The highest BCUT2D eigenvalue weighted by atomic mass is 14.5. The zero-order chi connectivity index (χ0) is 13.8. The van der Waals surface area contributed by atoms with Gasteiger partial charge in [-0.15, -0.1) is 0 Å². The number of nitrogen functional groups attached to an aromatic ring is 2. The van der Waals surface area contributed by atoms with Crippen LogP contribution in [0.1, 0.15) is 37.3 Å². The summed E-state index contributed by atoms with van der Waals surface area (Å²) in [5.74, 6) is 0.971. The zero-order valence-electron chi connectivity index (χ0n) is 11.6. The van der Waals surface area contributed by atoms with E-state index in [0.717, 1.165) is 17.8 Å². The summed E-state index contributed by atoms with van der Waals surface area (Å²) >= 11 is 0. The molecule has 0 radical (unpaired) electrons. The largest absolute Gasteiger partial charge is 0.399 e. The number of rotatable bonds is 4. The Labute approximate surface area is 115 Å².